The van der Waals surface area contributed by atoms with Crippen LogP contribution in [0, 0.1) is 0 Å². The van der Waals surface area contributed by atoms with Gasteiger partial charge >= 0.3 is 0 Å². The fourth-order valence-corrected chi connectivity index (χ4v) is 5.76. The third-order valence-corrected chi connectivity index (χ3v) is 8.16. The van der Waals surface area contributed by atoms with E-state index in [-0.39, 0.29) is 27.9 Å². The Bertz CT molecular complexity index is 1170. The molecule has 1 amide bonds. The number of hydrogen-bond acceptors (Lipinski definition) is 6. The second-order valence-corrected chi connectivity index (χ2v) is 10.3. The van der Waals surface area contributed by atoms with Gasteiger partial charge in [0.15, 0.2) is 15.0 Å². The van der Waals surface area contributed by atoms with Gasteiger partial charge in [-0.1, -0.05) is 36.5 Å². The monoisotopic (exact) mass is 435 g/mol. The summed E-state index contributed by atoms with van der Waals surface area (Å²) in [6.45, 7) is 3.63. The van der Waals surface area contributed by atoms with E-state index in [1.807, 2.05) is 6.08 Å². The Labute approximate surface area is 172 Å². The van der Waals surface area contributed by atoms with Crippen molar-refractivity contribution in [2.45, 2.75) is 24.7 Å². The van der Waals surface area contributed by atoms with Gasteiger partial charge in [0.2, 0.25) is 0 Å². The SMILES string of the molecule is CCS(=O)(=O)c1ccccc1C(=O)N1CCN(c2nc3c(s2)=CCCC=3F)CC1. The molecule has 0 bridgehead atoms. The molecule has 0 unspecified atom stereocenters. The molecular weight excluding hydrogens is 413 g/mol. The van der Waals surface area contributed by atoms with Crippen molar-refractivity contribution in [3.63, 3.8) is 0 Å². The zero-order chi connectivity index (χ0) is 20.6. The number of carbonyl (C=O) groups excluding carboxylic acids is 1. The number of halogens is 1. The minimum absolute atomic E-state index is 0.0512. The normalized spacial score (nSPS) is 17.1. The molecule has 1 aliphatic heterocycles. The van der Waals surface area contributed by atoms with E-state index in [0.717, 1.165) is 9.66 Å². The van der Waals surface area contributed by atoms with Gasteiger partial charge in [-0.3, -0.25) is 4.79 Å². The van der Waals surface area contributed by atoms with Crippen LogP contribution in [-0.4, -0.2) is 56.1 Å². The minimum Gasteiger partial charge on any atom is -0.345 e. The maximum absolute atomic E-state index is 14.0. The van der Waals surface area contributed by atoms with Crippen LogP contribution >= 0.6 is 11.3 Å². The van der Waals surface area contributed by atoms with Crippen molar-refractivity contribution in [2.24, 2.45) is 0 Å². The highest BCUT2D eigenvalue weighted by Gasteiger charge is 2.28. The van der Waals surface area contributed by atoms with Crippen LogP contribution in [-0.2, 0) is 9.84 Å². The van der Waals surface area contributed by atoms with Crippen molar-refractivity contribution >= 4 is 44.1 Å². The molecule has 29 heavy (non-hydrogen) atoms. The lowest BCUT2D eigenvalue weighted by atomic mass is 10.2. The maximum Gasteiger partial charge on any atom is 0.255 e. The van der Waals surface area contributed by atoms with Gasteiger partial charge in [-0.05, 0) is 18.6 Å². The van der Waals surface area contributed by atoms with Gasteiger partial charge in [-0.25, -0.2) is 17.8 Å². The number of anilines is 1. The largest absolute Gasteiger partial charge is 0.345 e. The third kappa shape index (κ3) is 3.81. The highest BCUT2D eigenvalue weighted by molar-refractivity contribution is 7.91. The zero-order valence-electron chi connectivity index (χ0n) is 16.1. The molecule has 6 nitrogen and oxygen atoms in total. The number of nitrogens with zero attached hydrogens (tertiary/aromatic N) is 3. The summed E-state index contributed by atoms with van der Waals surface area (Å²) in [6, 6.07) is 6.37. The smallest absolute Gasteiger partial charge is 0.255 e. The molecule has 0 N–H and O–H groups in total. The number of sulfone groups is 1. The highest BCUT2D eigenvalue weighted by atomic mass is 32.2. The minimum atomic E-state index is -3.48. The number of rotatable bonds is 4. The van der Waals surface area contributed by atoms with E-state index in [2.05, 4.69) is 9.88 Å². The Morgan fingerprint density at radius 2 is 1.93 bits per heavy atom. The van der Waals surface area contributed by atoms with Crippen LogP contribution < -0.4 is 14.8 Å². The molecule has 0 saturated carbocycles. The quantitative estimate of drug-likeness (QED) is 0.729. The molecule has 2 aromatic rings. The highest BCUT2D eigenvalue weighted by Crippen LogP contribution is 2.22. The average molecular weight is 436 g/mol. The van der Waals surface area contributed by atoms with Gasteiger partial charge in [-0.15, -0.1) is 0 Å². The van der Waals surface area contributed by atoms with Gasteiger partial charge in [0.05, 0.1) is 20.7 Å². The average Bonchev–Trinajstić information content (AvgIpc) is 3.19. The van der Waals surface area contributed by atoms with Crippen LogP contribution in [0.2, 0.25) is 0 Å². The molecule has 1 aromatic heterocycles. The van der Waals surface area contributed by atoms with E-state index in [0.29, 0.717) is 44.4 Å². The number of aromatic nitrogens is 1. The second kappa shape index (κ2) is 7.87. The van der Waals surface area contributed by atoms with Crippen LogP contribution in [0.3, 0.4) is 0 Å². The van der Waals surface area contributed by atoms with Crippen molar-refractivity contribution < 1.29 is 17.6 Å². The molecule has 2 heterocycles. The molecule has 9 heteroatoms. The summed E-state index contributed by atoms with van der Waals surface area (Å²) < 4.78 is 39.6. The Kier molecular flexibility index (Phi) is 5.44. The van der Waals surface area contributed by atoms with Crippen molar-refractivity contribution in [2.75, 3.05) is 36.8 Å². The molecule has 2 aliphatic rings. The molecule has 154 valence electrons. The molecule has 0 radical (unpaired) electrons. The van der Waals surface area contributed by atoms with Crippen LogP contribution in [0.4, 0.5) is 9.52 Å². The first kappa shape index (κ1) is 20.0. The van der Waals surface area contributed by atoms with Gasteiger partial charge in [0.25, 0.3) is 5.91 Å². The van der Waals surface area contributed by atoms with E-state index in [4.69, 9.17) is 0 Å². The lowest BCUT2D eigenvalue weighted by molar-refractivity contribution is 0.0743. The number of hydrogen-bond donors (Lipinski definition) is 0. The standard InChI is InChI=1S/C20H22FN3O3S2/c1-2-29(26,27)17-9-4-3-6-14(17)19(25)23-10-12-24(13-11-23)20-22-18-15(21)7-5-8-16(18)28-20/h3-4,6,8-9H,2,5,7,10-13H2,1H3. The van der Waals surface area contributed by atoms with E-state index in [1.54, 1.807) is 30.0 Å². The van der Waals surface area contributed by atoms with Crippen molar-refractivity contribution in [3.8, 4) is 0 Å². The second-order valence-electron chi connectivity index (χ2n) is 7.04. The maximum atomic E-state index is 14.0. The van der Waals surface area contributed by atoms with Crippen molar-refractivity contribution in [1.29, 1.82) is 0 Å². The number of fused-ring (bicyclic) bond motifs is 1. The molecule has 1 saturated heterocycles. The zero-order valence-corrected chi connectivity index (χ0v) is 17.7. The first-order chi connectivity index (χ1) is 13.9. The summed E-state index contributed by atoms with van der Waals surface area (Å²) in [7, 11) is -3.48. The van der Waals surface area contributed by atoms with Crippen LogP contribution in [0.1, 0.15) is 30.1 Å². The number of carbonyl (C=O) groups is 1. The molecule has 0 spiro atoms. The van der Waals surface area contributed by atoms with E-state index in [9.17, 15) is 17.6 Å². The summed E-state index contributed by atoms with van der Waals surface area (Å²) >= 11 is 1.48. The predicted octanol–water partition coefficient (Wildman–Crippen LogP) is 1.55. The predicted molar refractivity (Wildman–Crippen MR) is 112 cm³/mol. The molecule has 4 rings (SSSR count). The van der Waals surface area contributed by atoms with Gasteiger partial charge in [0, 0.05) is 32.6 Å². The molecular formula is C20H22FN3O3S2. The fourth-order valence-electron chi connectivity index (χ4n) is 3.58. The van der Waals surface area contributed by atoms with Gasteiger partial charge in [0.1, 0.15) is 11.2 Å². The molecule has 0 atom stereocenters. The summed E-state index contributed by atoms with van der Waals surface area (Å²) in [5, 5.41) is 1.22. The fraction of sp³-hybridized carbons (Fsp3) is 0.400. The van der Waals surface area contributed by atoms with E-state index >= 15 is 0 Å². The summed E-state index contributed by atoms with van der Waals surface area (Å²) in [5.41, 5.74) is 0.221. The van der Waals surface area contributed by atoms with Crippen molar-refractivity contribution in [1.82, 2.24) is 9.88 Å². The number of amides is 1. The summed E-state index contributed by atoms with van der Waals surface area (Å²) in [5.74, 6) is -0.485. The van der Waals surface area contributed by atoms with Crippen LogP contribution in [0.5, 0.6) is 0 Å². The molecule has 1 aromatic carbocycles. The number of thiazole rings is 1. The first-order valence-electron chi connectivity index (χ1n) is 9.62. The lowest BCUT2D eigenvalue weighted by Gasteiger charge is -2.34. The first-order valence-corrected chi connectivity index (χ1v) is 12.1. The van der Waals surface area contributed by atoms with Gasteiger partial charge in [-0.2, -0.15) is 0 Å². The lowest BCUT2D eigenvalue weighted by Crippen LogP contribution is -2.49. The topological polar surface area (TPSA) is 70.6 Å². The Morgan fingerprint density at radius 1 is 1.21 bits per heavy atom. The van der Waals surface area contributed by atoms with Gasteiger partial charge < -0.3 is 9.80 Å². The molecule has 1 aliphatic carbocycles. The molecule has 1 fully saturated rings. The summed E-state index contributed by atoms with van der Waals surface area (Å²) in [6.07, 6.45) is 3.12. The van der Waals surface area contributed by atoms with Crippen LogP contribution in [0.15, 0.2) is 29.2 Å². The Balaban J connectivity index is 1.52. The Morgan fingerprint density at radius 3 is 2.62 bits per heavy atom. The summed E-state index contributed by atoms with van der Waals surface area (Å²) in [4.78, 5) is 21.3. The third-order valence-electron chi connectivity index (χ3n) is 5.26. The van der Waals surface area contributed by atoms with E-state index in [1.165, 1.54) is 17.4 Å². The van der Waals surface area contributed by atoms with Crippen molar-refractivity contribution in [3.05, 3.63) is 39.7 Å². The van der Waals surface area contributed by atoms with E-state index < -0.39 is 9.84 Å². The Hall–Kier alpha value is -2.26. The van der Waals surface area contributed by atoms with Crippen LogP contribution in [0.25, 0.3) is 11.9 Å². The number of benzene rings is 1. The number of piperazine rings is 1.